The molecule has 9 heteroatoms. The molecule has 1 atom stereocenters. The topological polar surface area (TPSA) is 83.4 Å². The maximum atomic E-state index is 15.0. The number of carbonyl (C=O) groups excluding carboxylic acids is 1. The number of likely N-dealkylation sites (N-methyl/N-ethyl adjacent to an activating group) is 2. The van der Waals surface area contributed by atoms with Crippen LogP contribution in [0.5, 0.6) is 0 Å². The van der Waals surface area contributed by atoms with Gasteiger partial charge in [-0.15, -0.1) is 0 Å². The Bertz CT molecular complexity index is 941. The van der Waals surface area contributed by atoms with E-state index < -0.39 is 17.5 Å². The van der Waals surface area contributed by atoms with E-state index in [9.17, 15) is 9.59 Å². The lowest BCUT2D eigenvalue weighted by Crippen LogP contribution is -2.52. The van der Waals surface area contributed by atoms with Gasteiger partial charge >= 0.3 is 5.69 Å². The highest BCUT2D eigenvalue weighted by atomic mass is 19.1. The minimum atomic E-state index is -0.597. The number of amides is 1. The van der Waals surface area contributed by atoms with E-state index in [2.05, 4.69) is 15.3 Å². The maximum absolute atomic E-state index is 15.0. The smallest absolute Gasteiger partial charge is 0.342 e. The molecule has 0 bridgehead atoms. The van der Waals surface area contributed by atoms with Gasteiger partial charge < -0.3 is 15.1 Å². The quantitative estimate of drug-likeness (QED) is 0.856. The Hall–Kier alpha value is -2.55. The van der Waals surface area contributed by atoms with Gasteiger partial charge in [-0.2, -0.15) is 4.98 Å². The number of anilines is 2. The second-order valence-electron chi connectivity index (χ2n) is 6.50. The van der Waals surface area contributed by atoms with Crippen molar-refractivity contribution in [3.8, 4) is 0 Å². The zero-order valence-electron chi connectivity index (χ0n) is 15.6. The van der Waals surface area contributed by atoms with Crippen LogP contribution in [0.4, 0.5) is 15.9 Å². The lowest BCUT2D eigenvalue weighted by Gasteiger charge is -2.31. The van der Waals surface area contributed by atoms with Gasteiger partial charge in [0.1, 0.15) is 17.5 Å². The van der Waals surface area contributed by atoms with Crippen molar-refractivity contribution in [2.45, 2.75) is 26.3 Å². The Labute approximate surface area is 150 Å². The number of hydrogen-bond acceptors (Lipinski definition) is 6. The largest absolute Gasteiger partial charge is 0.350 e. The van der Waals surface area contributed by atoms with Crippen LogP contribution in [0.25, 0.3) is 11.0 Å². The molecule has 1 aliphatic heterocycles. The lowest BCUT2D eigenvalue weighted by molar-refractivity contribution is -0.119. The molecule has 0 aromatic carbocycles. The fourth-order valence-electron chi connectivity index (χ4n) is 3.44. The first-order valence-corrected chi connectivity index (χ1v) is 8.59. The third-order valence-electron chi connectivity index (χ3n) is 4.75. The van der Waals surface area contributed by atoms with Gasteiger partial charge in [0.25, 0.3) is 5.91 Å². The molecule has 26 heavy (non-hydrogen) atoms. The monoisotopic (exact) mass is 362 g/mol. The Balaban J connectivity index is 2.49. The van der Waals surface area contributed by atoms with E-state index in [4.69, 9.17) is 0 Å². The van der Waals surface area contributed by atoms with Crippen molar-refractivity contribution >= 4 is 28.4 Å². The van der Waals surface area contributed by atoms with E-state index in [1.54, 1.807) is 26.0 Å². The molecule has 2 aromatic heterocycles. The van der Waals surface area contributed by atoms with Gasteiger partial charge in [0.2, 0.25) is 0 Å². The summed E-state index contributed by atoms with van der Waals surface area (Å²) < 4.78 is 16.3. The molecule has 3 heterocycles. The molecule has 0 aliphatic carbocycles. The van der Waals surface area contributed by atoms with Gasteiger partial charge in [-0.25, -0.2) is 14.2 Å². The number of nitrogens with one attached hydrogen (secondary N) is 1. The number of hydrogen-bond donors (Lipinski definition) is 1. The van der Waals surface area contributed by atoms with Crippen LogP contribution in [0, 0.1) is 12.7 Å². The molecule has 1 amide bonds. The van der Waals surface area contributed by atoms with E-state index in [0.717, 1.165) is 6.42 Å². The van der Waals surface area contributed by atoms with E-state index >= 15 is 4.39 Å². The molecule has 140 valence electrons. The summed E-state index contributed by atoms with van der Waals surface area (Å²) in [6.45, 7) is 4.36. The fourth-order valence-corrected chi connectivity index (χ4v) is 3.44. The highest BCUT2D eigenvalue weighted by Gasteiger charge is 2.37. The van der Waals surface area contributed by atoms with Gasteiger partial charge in [0, 0.05) is 27.2 Å². The Morgan fingerprint density at radius 2 is 1.92 bits per heavy atom. The van der Waals surface area contributed by atoms with E-state index in [1.807, 2.05) is 6.92 Å². The van der Waals surface area contributed by atoms with Crippen molar-refractivity contribution in [1.82, 2.24) is 19.9 Å². The molecule has 0 saturated heterocycles. The predicted molar refractivity (Wildman–Crippen MR) is 98.2 cm³/mol. The van der Waals surface area contributed by atoms with Gasteiger partial charge in [0.15, 0.2) is 5.82 Å². The van der Waals surface area contributed by atoms with Crippen LogP contribution in [-0.2, 0) is 11.8 Å². The molecule has 8 nitrogen and oxygen atoms in total. The normalized spacial score (nSPS) is 17.2. The molecule has 0 spiro atoms. The van der Waals surface area contributed by atoms with Gasteiger partial charge in [-0.1, -0.05) is 6.92 Å². The number of rotatable bonds is 4. The van der Waals surface area contributed by atoms with Crippen molar-refractivity contribution in [2.75, 3.05) is 37.0 Å². The number of aromatic nitrogens is 3. The van der Waals surface area contributed by atoms with Crippen LogP contribution in [-0.4, -0.2) is 53.7 Å². The van der Waals surface area contributed by atoms with Crippen LogP contribution >= 0.6 is 0 Å². The number of nitrogens with zero attached hydrogens (tertiary/aromatic N) is 5. The molecule has 0 radical (unpaired) electrons. The van der Waals surface area contributed by atoms with Gasteiger partial charge in [-0.05, 0) is 20.4 Å². The fraction of sp³-hybridized carbons (Fsp3) is 0.529. The van der Waals surface area contributed by atoms with Gasteiger partial charge in [0.05, 0.1) is 16.8 Å². The number of pyridine rings is 1. The minimum absolute atomic E-state index is 0.121. The van der Waals surface area contributed by atoms with Crippen molar-refractivity contribution in [3.63, 3.8) is 0 Å². The summed E-state index contributed by atoms with van der Waals surface area (Å²) in [4.78, 5) is 37.1. The summed E-state index contributed by atoms with van der Waals surface area (Å²) in [6, 6.07) is -0.597. The average molecular weight is 362 g/mol. The maximum Gasteiger partial charge on any atom is 0.350 e. The van der Waals surface area contributed by atoms with E-state index in [0.29, 0.717) is 29.9 Å². The van der Waals surface area contributed by atoms with Crippen molar-refractivity contribution in [1.29, 1.82) is 0 Å². The Kier molecular flexibility index (Phi) is 4.66. The minimum Gasteiger partial charge on any atom is -0.342 e. The second-order valence-corrected chi connectivity index (χ2v) is 6.50. The molecule has 2 aromatic rings. The van der Waals surface area contributed by atoms with Crippen LogP contribution in [0.1, 0.15) is 19.0 Å². The average Bonchev–Trinajstić information content (AvgIpc) is 2.68. The first kappa shape index (κ1) is 18.2. The summed E-state index contributed by atoms with van der Waals surface area (Å²) >= 11 is 0. The third-order valence-corrected chi connectivity index (χ3v) is 4.75. The number of carbonyl (C=O) groups is 1. The highest BCUT2D eigenvalue weighted by Crippen LogP contribution is 2.38. The second kappa shape index (κ2) is 6.64. The van der Waals surface area contributed by atoms with Gasteiger partial charge in [-0.3, -0.25) is 9.36 Å². The predicted octanol–water partition coefficient (Wildman–Crippen LogP) is 0.557. The highest BCUT2D eigenvalue weighted by molar-refractivity contribution is 6.11. The van der Waals surface area contributed by atoms with Crippen LogP contribution in [0.3, 0.4) is 0 Å². The molecular weight excluding hydrogens is 339 g/mol. The summed E-state index contributed by atoms with van der Waals surface area (Å²) in [5.41, 5.74) is 0.0849. The number of halogens is 1. The molecule has 1 N–H and O–H groups in total. The van der Waals surface area contributed by atoms with Crippen molar-refractivity contribution < 1.29 is 9.18 Å². The summed E-state index contributed by atoms with van der Waals surface area (Å²) in [6.07, 6.45) is 0.743. The summed E-state index contributed by atoms with van der Waals surface area (Å²) in [5, 5.41) is 3.39. The SMILES string of the molecule is CCCN1c2nc(=O)n(C)c3nc(C)c(F)c(c23)N(C)C(=O)C1CNC. The molecule has 1 aliphatic rings. The van der Waals surface area contributed by atoms with Crippen molar-refractivity contribution in [3.05, 3.63) is 22.0 Å². The molecule has 0 saturated carbocycles. The third kappa shape index (κ3) is 2.54. The molecule has 0 fully saturated rings. The van der Waals surface area contributed by atoms with Crippen LogP contribution in [0.2, 0.25) is 0 Å². The van der Waals surface area contributed by atoms with Crippen molar-refractivity contribution in [2.24, 2.45) is 7.05 Å². The Morgan fingerprint density at radius 3 is 2.54 bits per heavy atom. The van der Waals surface area contributed by atoms with E-state index in [-0.39, 0.29) is 17.3 Å². The summed E-state index contributed by atoms with van der Waals surface area (Å²) in [5.74, 6) is -0.521. The molecule has 1 unspecified atom stereocenters. The summed E-state index contributed by atoms with van der Waals surface area (Å²) in [7, 11) is 4.84. The first-order chi connectivity index (χ1) is 12.3. The molecule has 3 rings (SSSR count). The first-order valence-electron chi connectivity index (χ1n) is 8.59. The standard InChI is InChI=1S/C17H23FN6O2/c1-6-7-24-10(8-19-3)16(25)22(4)13-11-14(20-9(2)12(13)18)23(5)17(26)21-15(11)24/h10,19H,6-8H2,1-5H3. The van der Waals surface area contributed by atoms with Crippen LogP contribution < -0.4 is 20.8 Å². The number of aryl methyl sites for hydroxylation is 2. The zero-order chi connectivity index (χ0) is 19.2. The zero-order valence-corrected chi connectivity index (χ0v) is 15.6. The van der Waals surface area contributed by atoms with Crippen LogP contribution in [0.15, 0.2) is 4.79 Å². The lowest BCUT2D eigenvalue weighted by atomic mass is 10.2. The Morgan fingerprint density at radius 1 is 1.23 bits per heavy atom. The molecular formula is C17H23FN6O2. The van der Waals surface area contributed by atoms with E-state index in [1.165, 1.54) is 16.4 Å².